The van der Waals surface area contributed by atoms with Crippen LogP contribution < -0.4 is 5.32 Å². The Kier molecular flexibility index (Phi) is 5.62. The Morgan fingerprint density at radius 2 is 2.05 bits per heavy atom. The van der Waals surface area contributed by atoms with E-state index in [-0.39, 0.29) is 12.8 Å². The first-order valence-corrected chi connectivity index (χ1v) is 8.18. The van der Waals surface area contributed by atoms with Crippen LogP contribution in [0.1, 0.15) is 37.4 Å². The smallest absolute Gasteiger partial charge is 0.308 e. The zero-order valence-electron chi connectivity index (χ0n) is 12.4. The molecule has 0 amide bonds. The maximum Gasteiger partial charge on any atom is 0.391 e. The van der Waals surface area contributed by atoms with E-state index in [0.29, 0.717) is 25.7 Å². The van der Waals surface area contributed by atoms with Crippen molar-refractivity contribution < 1.29 is 13.2 Å². The Morgan fingerprint density at radius 3 is 2.62 bits per heavy atom. The molecule has 7 heteroatoms. The zero-order chi connectivity index (χ0) is 15.5. The van der Waals surface area contributed by atoms with E-state index >= 15 is 0 Å². The monoisotopic (exact) mass is 321 g/mol. The second-order valence-corrected chi connectivity index (χ2v) is 6.80. The first kappa shape index (κ1) is 16.7. The number of nitrogens with one attached hydrogen (secondary N) is 1. The fourth-order valence-corrected chi connectivity index (χ4v) is 3.18. The third-order valence-corrected chi connectivity index (χ3v) is 4.59. The zero-order valence-corrected chi connectivity index (χ0v) is 13.2. The van der Waals surface area contributed by atoms with E-state index in [4.69, 9.17) is 0 Å². The van der Waals surface area contributed by atoms with Gasteiger partial charge in [0, 0.05) is 24.5 Å². The van der Waals surface area contributed by atoms with Gasteiger partial charge >= 0.3 is 6.18 Å². The van der Waals surface area contributed by atoms with Gasteiger partial charge in [0.25, 0.3) is 0 Å². The fraction of sp³-hybridized carbons (Fsp3) is 0.786. The number of halogens is 3. The SMILES string of the molecule is CC(C)NCc1nc(CN2CCC(C(F)(F)F)CC2)cs1. The molecule has 0 spiro atoms. The van der Waals surface area contributed by atoms with E-state index in [2.05, 4.69) is 29.0 Å². The largest absolute Gasteiger partial charge is 0.391 e. The van der Waals surface area contributed by atoms with E-state index < -0.39 is 12.1 Å². The number of likely N-dealkylation sites (tertiary alicyclic amines) is 1. The van der Waals surface area contributed by atoms with E-state index in [1.54, 1.807) is 11.3 Å². The maximum absolute atomic E-state index is 12.6. The number of nitrogens with zero attached hydrogens (tertiary/aromatic N) is 2. The third kappa shape index (κ3) is 5.23. The summed E-state index contributed by atoms with van der Waals surface area (Å²) in [6.45, 7) is 6.57. The predicted octanol–water partition coefficient (Wildman–Crippen LogP) is 3.42. The summed E-state index contributed by atoms with van der Waals surface area (Å²) >= 11 is 1.60. The van der Waals surface area contributed by atoms with Gasteiger partial charge in [0.2, 0.25) is 0 Å². The Morgan fingerprint density at radius 1 is 1.38 bits per heavy atom. The first-order valence-electron chi connectivity index (χ1n) is 7.30. The van der Waals surface area contributed by atoms with Gasteiger partial charge in [-0.1, -0.05) is 13.8 Å². The number of alkyl halides is 3. The third-order valence-electron chi connectivity index (χ3n) is 3.70. The second kappa shape index (κ2) is 7.07. The lowest BCUT2D eigenvalue weighted by atomic mass is 9.96. The lowest BCUT2D eigenvalue weighted by Crippen LogP contribution is -2.38. The van der Waals surface area contributed by atoms with E-state index in [0.717, 1.165) is 17.2 Å². The highest BCUT2D eigenvalue weighted by Crippen LogP contribution is 2.34. The van der Waals surface area contributed by atoms with E-state index in [1.165, 1.54) is 0 Å². The molecule has 0 radical (unpaired) electrons. The van der Waals surface area contributed by atoms with Crippen LogP contribution in [0.2, 0.25) is 0 Å². The summed E-state index contributed by atoms with van der Waals surface area (Å²) in [6.07, 6.45) is -3.63. The standard InChI is InChI=1S/C14H22F3N3S/c1-10(2)18-7-13-19-12(9-21-13)8-20-5-3-11(4-6-20)14(15,16)17/h9-11,18H,3-8H2,1-2H3. The van der Waals surface area contributed by atoms with Crippen LogP contribution in [0.25, 0.3) is 0 Å². The van der Waals surface area contributed by atoms with Gasteiger partial charge in [-0.15, -0.1) is 11.3 Å². The van der Waals surface area contributed by atoms with Crippen molar-refractivity contribution in [1.29, 1.82) is 0 Å². The predicted molar refractivity (Wildman–Crippen MR) is 78.1 cm³/mol. The molecule has 0 atom stereocenters. The normalized spacial score (nSPS) is 18.6. The number of hydrogen-bond acceptors (Lipinski definition) is 4. The van der Waals surface area contributed by atoms with Gasteiger partial charge in [0.1, 0.15) is 5.01 Å². The summed E-state index contributed by atoms with van der Waals surface area (Å²) in [6, 6.07) is 0.416. The number of rotatable bonds is 5. The van der Waals surface area contributed by atoms with Gasteiger partial charge in [-0.05, 0) is 25.9 Å². The molecule has 1 aliphatic heterocycles. The molecule has 0 bridgehead atoms. The molecule has 120 valence electrons. The van der Waals surface area contributed by atoms with Crippen LogP contribution in [0.5, 0.6) is 0 Å². The molecule has 1 fully saturated rings. The first-order chi connectivity index (χ1) is 9.84. The number of aromatic nitrogens is 1. The summed E-state index contributed by atoms with van der Waals surface area (Å²) < 4.78 is 37.8. The van der Waals surface area contributed by atoms with Crippen LogP contribution in [0.4, 0.5) is 13.2 Å². The summed E-state index contributed by atoms with van der Waals surface area (Å²) in [5.74, 6) is -1.13. The minimum absolute atomic E-state index is 0.204. The second-order valence-electron chi connectivity index (χ2n) is 5.86. The lowest BCUT2D eigenvalue weighted by molar-refractivity contribution is -0.185. The van der Waals surface area contributed by atoms with Crippen LogP contribution >= 0.6 is 11.3 Å². The number of piperidine rings is 1. The summed E-state index contributed by atoms with van der Waals surface area (Å²) in [7, 11) is 0. The van der Waals surface area contributed by atoms with Crippen LogP contribution in [0.15, 0.2) is 5.38 Å². The molecule has 1 aliphatic rings. The van der Waals surface area contributed by atoms with Crippen molar-refractivity contribution in [1.82, 2.24) is 15.2 Å². The van der Waals surface area contributed by atoms with Gasteiger partial charge < -0.3 is 5.32 Å². The molecule has 1 aromatic rings. The quantitative estimate of drug-likeness (QED) is 0.901. The van der Waals surface area contributed by atoms with Crippen molar-refractivity contribution in [2.24, 2.45) is 5.92 Å². The highest BCUT2D eigenvalue weighted by molar-refractivity contribution is 7.09. The topological polar surface area (TPSA) is 28.2 Å². The molecule has 2 rings (SSSR count). The Hall–Kier alpha value is -0.660. The summed E-state index contributed by atoms with van der Waals surface area (Å²) in [4.78, 5) is 6.60. The molecule has 1 N–H and O–H groups in total. The van der Waals surface area contributed by atoms with Crippen LogP contribution in [-0.2, 0) is 13.1 Å². The van der Waals surface area contributed by atoms with Gasteiger partial charge in [-0.2, -0.15) is 13.2 Å². The minimum Gasteiger partial charge on any atom is -0.308 e. The molecule has 0 aromatic carbocycles. The fourth-order valence-electron chi connectivity index (χ4n) is 2.44. The van der Waals surface area contributed by atoms with Crippen LogP contribution in [0, 0.1) is 5.92 Å². The van der Waals surface area contributed by atoms with Gasteiger partial charge in [0.05, 0.1) is 11.6 Å². The molecule has 0 aliphatic carbocycles. The molecular formula is C14H22F3N3S. The highest BCUT2D eigenvalue weighted by atomic mass is 32.1. The van der Waals surface area contributed by atoms with Crippen molar-refractivity contribution in [2.45, 2.75) is 52.0 Å². The lowest BCUT2D eigenvalue weighted by Gasteiger charge is -2.32. The molecule has 3 nitrogen and oxygen atoms in total. The van der Waals surface area contributed by atoms with Gasteiger partial charge in [-0.25, -0.2) is 4.98 Å². The summed E-state index contributed by atoms with van der Waals surface area (Å²) in [5.41, 5.74) is 0.964. The average Bonchev–Trinajstić information content (AvgIpc) is 2.83. The molecular weight excluding hydrogens is 299 g/mol. The van der Waals surface area contributed by atoms with Crippen LogP contribution in [-0.4, -0.2) is 35.2 Å². The van der Waals surface area contributed by atoms with Crippen molar-refractivity contribution in [2.75, 3.05) is 13.1 Å². The summed E-state index contributed by atoms with van der Waals surface area (Å²) in [5, 5.41) is 6.35. The van der Waals surface area contributed by atoms with Crippen LogP contribution in [0.3, 0.4) is 0 Å². The molecule has 21 heavy (non-hydrogen) atoms. The number of hydrogen-bond donors (Lipinski definition) is 1. The maximum atomic E-state index is 12.6. The number of thiazole rings is 1. The highest BCUT2D eigenvalue weighted by Gasteiger charge is 2.40. The van der Waals surface area contributed by atoms with E-state index in [9.17, 15) is 13.2 Å². The minimum atomic E-state index is -4.04. The molecule has 2 heterocycles. The van der Waals surface area contributed by atoms with Crippen molar-refractivity contribution in [3.63, 3.8) is 0 Å². The Labute approximate surface area is 127 Å². The van der Waals surface area contributed by atoms with Gasteiger partial charge in [0.15, 0.2) is 0 Å². The average molecular weight is 321 g/mol. The molecule has 1 aromatic heterocycles. The van der Waals surface area contributed by atoms with Gasteiger partial charge in [-0.3, -0.25) is 4.90 Å². The molecule has 1 saturated heterocycles. The van der Waals surface area contributed by atoms with Crippen molar-refractivity contribution in [3.05, 3.63) is 16.1 Å². The molecule has 0 unspecified atom stereocenters. The molecule has 0 saturated carbocycles. The van der Waals surface area contributed by atoms with Crippen molar-refractivity contribution in [3.8, 4) is 0 Å². The Bertz CT molecular complexity index is 437. The Balaban J connectivity index is 1.78. The van der Waals surface area contributed by atoms with Crippen molar-refractivity contribution >= 4 is 11.3 Å². The van der Waals surface area contributed by atoms with E-state index in [1.807, 2.05) is 5.38 Å².